The van der Waals surface area contributed by atoms with Crippen molar-refractivity contribution in [2.45, 2.75) is 104 Å². The van der Waals surface area contributed by atoms with Crippen molar-refractivity contribution >= 4 is 5.97 Å². The van der Waals surface area contributed by atoms with Gasteiger partial charge in [0.25, 0.3) is 0 Å². The van der Waals surface area contributed by atoms with Crippen molar-refractivity contribution in [3.8, 4) is 0 Å². The fourth-order valence-electron chi connectivity index (χ4n) is 2.79. The summed E-state index contributed by atoms with van der Waals surface area (Å²) >= 11 is 0. The number of aliphatic hydroxyl groups excluding tert-OH is 1. The molecular weight excluding hydrogens is 288 g/mol. The number of ether oxygens (including phenoxy) is 1. The Balaban J connectivity index is 3.50. The zero-order chi connectivity index (χ0) is 17.4. The molecule has 23 heavy (non-hydrogen) atoms. The number of hydrogen-bond donors (Lipinski definition) is 1. The Kier molecular flexibility index (Phi) is 14.6. The molecule has 0 spiro atoms. The minimum atomic E-state index is -0.243. The third-order valence-corrected chi connectivity index (χ3v) is 5.11. The van der Waals surface area contributed by atoms with Gasteiger partial charge in [-0.1, -0.05) is 78.6 Å². The van der Waals surface area contributed by atoms with Crippen LogP contribution in [0.2, 0.25) is 0 Å². The van der Waals surface area contributed by atoms with Gasteiger partial charge in [0.05, 0.1) is 13.2 Å². The normalized spacial score (nSPS) is 11.7. The van der Waals surface area contributed by atoms with E-state index in [1.165, 1.54) is 51.4 Å². The highest BCUT2D eigenvalue weighted by atomic mass is 16.5. The van der Waals surface area contributed by atoms with Crippen LogP contribution >= 0.6 is 0 Å². The lowest BCUT2D eigenvalue weighted by atomic mass is 9.84. The second kappa shape index (κ2) is 15.0. The van der Waals surface area contributed by atoms with Crippen LogP contribution in [0.15, 0.2) is 0 Å². The molecule has 0 saturated heterocycles. The van der Waals surface area contributed by atoms with E-state index in [2.05, 4.69) is 6.92 Å². The molecule has 0 unspecified atom stereocenters. The van der Waals surface area contributed by atoms with Crippen LogP contribution in [0, 0.1) is 5.41 Å². The first-order valence-electron chi connectivity index (χ1n) is 9.90. The highest BCUT2D eigenvalue weighted by molar-refractivity contribution is 5.69. The molecule has 3 nitrogen and oxygen atoms in total. The molecule has 3 heteroatoms. The second-order valence-corrected chi connectivity index (χ2v) is 6.96. The van der Waals surface area contributed by atoms with Crippen LogP contribution in [0.1, 0.15) is 104 Å². The predicted octanol–water partition coefficient (Wildman–Crippen LogP) is 5.64. The lowest BCUT2D eigenvalue weighted by Crippen LogP contribution is -2.31. The number of carbonyl (C=O) groups excluding carboxylic acids is 1. The second-order valence-electron chi connectivity index (χ2n) is 6.96. The minimum Gasteiger partial charge on any atom is -0.465 e. The molecule has 0 aromatic heterocycles. The monoisotopic (exact) mass is 328 g/mol. The van der Waals surface area contributed by atoms with Crippen LogP contribution in [0.5, 0.6) is 0 Å². The van der Waals surface area contributed by atoms with Gasteiger partial charge in [0, 0.05) is 11.8 Å². The van der Waals surface area contributed by atoms with Crippen LogP contribution in [-0.4, -0.2) is 24.3 Å². The first kappa shape index (κ1) is 22.4. The molecule has 0 bridgehead atoms. The van der Waals surface area contributed by atoms with Crippen molar-refractivity contribution in [2.75, 3.05) is 13.2 Å². The highest BCUT2D eigenvalue weighted by Gasteiger charge is 2.27. The molecule has 0 aromatic carbocycles. The van der Waals surface area contributed by atoms with E-state index in [1.807, 2.05) is 13.8 Å². The average molecular weight is 329 g/mol. The van der Waals surface area contributed by atoms with Crippen LogP contribution in [-0.2, 0) is 9.53 Å². The molecule has 0 radical (unpaired) electrons. The first-order chi connectivity index (χ1) is 11.1. The molecule has 0 atom stereocenters. The zero-order valence-electron chi connectivity index (χ0n) is 15.9. The van der Waals surface area contributed by atoms with E-state index in [9.17, 15) is 9.90 Å². The van der Waals surface area contributed by atoms with Gasteiger partial charge in [-0.15, -0.1) is 0 Å². The molecule has 0 amide bonds. The molecule has 138 valence electrons. The van der Waals surface area contributed by atoms with Crippen molar-refractivity contribution < 1.29 is 14.6 Å². The lowest BCUT2D eigenvalue weighted by molar-refractivity contribution is -0.148. The summed E-state index contributed by atoms with van der Waals surface area (Å²) in [6.45, 7) is 6.77. The summed E-state index contributed by atoms with van der Waals surface area (Å²) < 4.78 is 5.36. The van der Waals surface area contributed by atoms with Gasteiger partial charge in [0.1, 0.15) is 0 Å². The van der Waals surface area contributed by atoms with E-state index in [-0.39, 0.29) is 18.0 Å². The van der Waals surface area contributed by atoms with E-state index < -0.39 is 0 Å². The number of unbranched alkanes of at least 4 members (excludes halogenated alkanes) is 9. The standard InChI is InChI=1S/C20H40O3/c1-4-7-8-9-10-11-12-13-14-15-16-19(22)23-18-20(5-2,6-3)17-21/h21H,4-18H2,1-3H3. The summed E-state index contributed by atoms with van der Waals surface area (Å²) in [7, 11) is 0. The van der Waals surface area contributed by atoms with Gasteiger partial charge < -0.3 is 9.84 Å². The molecule has 0 saturated carbocycles. The summed E-state index contributed by atoms with van der Waals surface area (Å²) in [4.78, 5) is 11.8. The van der Waals surface area contributed by atoms with Crippen LogP contribution < -0.4 is 0 Å². The molecule has 0 aliphatic carbocycles. The van der Waals surface area contributed by atoms with Gasteiger partial charge in [0.2, 0.25) is 0 Å². The predicted molar refractivity (Wildman–Crippen MR) is 97.5 cm³/mol. The molecule has 0 aromatic rings. The molecule has 0 fully saturated rings. The maximum Gasteiger partial charge on any atom is 0.305 e. The van der Waals surface area contributed by atoms with Gasteiger partial charge >= 0.3 is 5.97 Å². The smallest absolute Gasteiger partial charge is 0.305 e. The first-order valence-corrected chi connectivity index (χ1v) is 9.90. The van der Waals surface area contributed by atoms with Crippen LogP contribution in [0.4, 0.5) is 0 Å². The maximum atomic E-state index is 11.8. The third kappa shape index (κ3) is 11.6. The Hall–Kier alpha value is -0.570. The van der Waals surface area contributed by atoms with E-state index in [0.29, 0.717) is 13.0 Å². The SMILES string of the molecule is CCCCCCCCCCCCC(=O)OCC(CC)(CC)CO. The van der Waals surface area contributed by atoms with Crippen molar-refractivity contribution in [1.29, 1.82) is 0 Å². The van der Waals surface area contributed by atoms with Gasteiger partial charge in [-0.2, -0.15) is 0 Å². The average Bonchev–Trinajstić information content (AvgIpc) is 2.58. The van der Waals surface area contributed by atoms with Gasteiger partial charge in [-0.05, 0) is 19.3 Å². The number of esters is 1. The Morgan fingerprint density at radius 2 is 1.30 bits per heavy atom. The Bertz CT molecular complexity index is 264. The largest absolute Gasteiger partial charge is 0.465 e. The van der Waals surface area contributed by atoms with Gasteiger partial charge in [0.15, 0.2) is 0 Å². The van der Waals surface area contributed by atoms with Gasteiger partial charge in [-0.3, -0.25) is 4.79 Å². The van der Waals surface area contributed by atoms with E-state index in [0.717, 1.165) is 25.7 Å². The van der Waals surface area contributed by atoms with Crippen molar-refractivity contribution in [3.05, 3.63) is 0 Å². The Labute approximate surface area is 144 Å². The summed E-state index contributed by atoms with van der Waals surface area (Å²) in [6, 6.07) is 0. The van der Waals surface area contributed by atoms with Crippen molar-refractivity contribution in [3.63, 3.8) is 0 Å². The van der Waals surface area contributed by atoms with E-state index >= 15 is 0 Å². The topological polar surface area (TPSA) is 46.5 Å². The van der Waals surface area contributed by atoms with Crippen LogP contribution in [0.3, 0.4) is 0 Å². The van der Waals surface area contributed by atoms with E-state index in [4.69, 9.17) is 4.74 Å². The molecule has 0 aliphatic rings. The fraction of sp³-hybridized carbons (Fsp3) is 0.950. The number of rotatable bonds is 16. The molecule has 0 heterocycles. The molecular formula is C20H40O3. The van der Waals surface area contributed by atoms with Crippen molar-refractivity contribution in [2.24, 2.45) is 5.41 Å². The molecule has 0 aliphatic heterocycles. The summed E-state index contributed by atoms with van der Waals surface area (Å²) in [5, 5.41) is 9.46. The zero-order valence-corrected chi connectivity index (χ0v) is 15.9. The highest BCUT2D eigenvalue weighted by Crippen LogP contribution is 2.26. The van der Waals surface area contributed by atoms with E-state index in [1.54, 1.807) is 0 Å². The fourth-order valence-corrected chi connectivity index (χ4v) is 2.79. The minimum absolute atomic E-state index is 0.0888. The van der Waals surface area contributed by atoms with Crippen molar-refractivity contribution in [1.82, 2.24) is 0 Å². The third-order valence-electron chi connectivity index (χ3n) is 5.11. The summed E-state index contributed by atoms with van der Waals surface area (Å²) in [5.41, 5.74) is -0.243. The van der Waals surface area contributed by atoms with Crippen LogP contribution in [0.25, 0.3) is 0 Å². The molecule has 1 N–H and O–H groups in total. The lowest BCUT2D eigenvalue weighted by Gasteiger charge is -2.28. The Morgan fingerprint density at radius 3 is 1.74 bits per heavy atom. The molecule has 0 rings (SSSR count). The summed E-state index contributed by atoms with van der Waals surface area (Å²) in [5.74, 6) is -0.107. The van der Waals surface area contributed by atoms with Gasteiger partial charge in [-0.25, -0.2) is 0 Å². The number of aliphatic hydroxyl groups is 1. The number of carbonyl (C=O) groups is 1. The maximum absolute atomic E-state index is 11.8. The number of hydrogen-bond acceptors (Lipinski definition) is 3. The summed E-state index contributed by atoms with van der Waals surface area (Å²) in [6.07, 6.45) is 14.9. The Morgan fingerprint density at radius 1 is 0.826 bits per heavy atom. The quantitative estimate of drug-likeness (QED) is 0.294.